The van der Waals surface area contributed by atoms with Gasteiger partial charge in [0.05, 0.1) is 11.8 Å². The van der Waals surface area contributed by atoms with E-state index in [4.69, 9.17) is 11.6 Å². The Balaban J connectivity index is 1.68. The van der Waals surface area contributed by atoms with Gasteiger partial charge in [-0.1, -0.05) is 49.2 Å². The number of hydrogen-bond acceptors (Lipinski definition) is 4. The van der Waals surface area contributed by atoms with Crippen LogP contribution in [0.5, 0.6) is 0 Å². The highest BCUT2D eigenvalue weighted by Crippen LogP contribution is 2.35. The second-order valence-corrected chi connectivity index (χ2v) is 9.14. The molecule has 0 radical (unpaired) electrons. The van der Waals surface area contributed by atoms with Crippen LogP contribution in [0.15, 0.2) is 36.4 Å². The molecule has 7 nitrogen and oxygen atoms in total. The monoisotopic (exact) mass is 473 g/mol. The highest BCUT2D eigenvalue weighted by molar-refractivity contribution is 6.30. The highest BCUT2D eigenvalue weighted by atomic mass is 35.5. The fraction of sp³-hybridized carbons (Fsp3) is 0.520. The third-order valence-electron chi connectivity index (χ3n) is 6.41. The molecule has 3 rings (SSSR count). The summed E-state index contributed by atoms with van der Waals surface area (Å²) in [5, 5.41) is 3.47. The fourth-order valence-electron chi connectivity index (χ4n) is 4.35. The minimum atomic E-state index is -0.693. The number of amides is 4. The molecule has 1 saturated heterocycles. The highest BCUT2D eigenvalue weighted by Gasteiger charge is 2.47. The first kappa shape index (κ1) is 25.0. The summed E-state index contributed by atoms with van der Waals surface area (Å²) in [5.74, 6) is -1.53. The minimum Gasteiger partial charge on any atom is -0.354 e. The van der Waals surface area contributed by atoms with Crippen molar-refractivity contribution in [3.05, 3.63) is 47.0 Å². The number of unbranched alkanes of at least 4 members (excludes halogenated alkanes) is 1. The molecule has 1 fully saturated rings. The lowest BCUT2D eigenvalue weighted by atomic mass is 9.85. The number of imide groups is 1. The van der Waals surface area contributed by atoms with E-state index in [1.165, 1.54) is 9.80 Å². The Kier molecular flexibility index (Phi) is 8.67. The molecule has 0 bridgehead atoms. The number of hydrogen-bond donors (Lipinski definition) is 1. The zero-order chi connectivity index (χ0) is 24.0. The van der Waals surface area contributed by atoms with E-state index < -0.39 is 6.04 Å². The van der Waals surface area contributed by atoms with Crippen LogP contribution in [0.1, 0.15) is 51.5 Å². The topological polar surface area (TPSA) is 86.8 Å². The molecule has 1 unspecified atom stereocenters. The molecule has 2 aliphatic rings. The third-order valence-corrected chi connectivity index (χ3v) is 6.66. The normalized spacial score (nSPS) is 20.5. The third kappa shape index (κ3) is 6.02. The van der Waals surface area contributed by atoms with Crippen LogP contribution < -0.4 is 5.32 Å². The lowest BCUT2D eigenvalue weighted by Crippen LogP contribution is -2.48. The molecule has 4 amide bonds. The maximum atomic E-state index is 13.2. The zero-order valence-corrected chi connectivity index (χ0v) is 20.0. The number of halogens is 1. The zero-order valence-electron chi connectivity index (χ0n) is 19.3. The number of carbonyl (C=O) groups is 4. The summed E-state index contributed by atoms with van der Waals surface area (Å²) in [6.07, 6.45) is 6.80. The molecule has 1 aliphatic carbocycles. The van der Waals surface area contributed by atoms with Crippen LogP contribution >= 0.6 is 11.6 Å². The van der Waals surface area contributed by atoms with Gasteiger partial charge >= 0.3 is 0 Å². The van der Waals surface area contributed by atoms with Gasteiger partial charge in [-0.2, -0.15) is 0 Å². The molecule has 1 heterocycles. The van der Waals surface area contributed by atoms with Crippen LogP contribution in [0.3, 0.4) is 0 Å². The number of nitrogens with one attached hydrogen (secondary N) is 1. The number of allylic oxidation sites excluding steroid dienone is 2. The smallest absolute Gasteiger partial charge is 0.242 e. The van der Waals surface area contributed by atoms with Crippen molar-refractivity contribution >= 4 is 35.2 Å². The van der Waals surface area contributed by atoms with E-state index in [0.717, 1.165) is 18.4 Å². The van der Waals surface area contributed by atoms with Gasteiger partial charge in [0.25, 0.3) is 0 Å². The average Bonchev–Trinajstić information content (AvgIpc) is 3.06. The Morgan fingerprint density at radius 1 is 1.12 bits per heavy atom. The Bertz CT molecular complexity index is 889. The summed E-state index contributed by atoms with van der Waals surface area (Å²) < 4.78 is 0. The minimum absolute atomic E-state index is 0.0233. The second kappa shape index (κ2) is 11.5. The molecule has 178 valence electrons. The van der Waals surface area contributed by atoms with Gasteiger partial charge in [-0.25, -0.2) is 0 Å². The van der Waals surface area contributed by atoms with Crippen molar-refractivity contribution in [2.75, 3.05) is 13.1 Å². The Hall–Kier alpha value is -2.67. The van der Waals surface area contributed by atoms with Crippen molar-refractivity contribution in [1.29, 1.82) is 0 Å². The number of likely N-dealkylation sites (tertiary alicyclic amines) is 1. The summed E-state index contributed by atoms with van der Waals surface area (Å²) in [6, 6.07) is 6.42. The maximum Gasteiger partial charge on any atom is 0.242 e. The molecule has 3 atom stereocenters. The number of carbonyl (C=O) groups excluding carboxylic acids is 4. The largest absolute Gasteiger partial charge is 0.354 e. The van der Waals surface area contributed by atoms with Gasteiger partial charge in [0.15, 0.2) is 0 Å². The van der Waals surface area contributed by atoms with Crippen LogP contribution in [0.25, 0.3) is 0 Å². The lowest BCUT2D eigenvalue weighted by molar-refractivity contribution is -0.143. The van der Waals surface area contributed by atoms with Crippen molar-refractivity contribution in [3.63, 3.8) is 0 Å². The average molecular weight is 474 g/mol. The summed E-state index contributed by atoms with van der Waals surface area (Å²) in [5.41, 5.74) is 0.839. The van der Waals surface area contributed by atoms with Crippen LogP contribution in [0, 0.1) is 11.8 Å². The summed E-state index contributed by atoms with van der Waals surface area (Å²) in [4.78, 5) is 54.1. The van der Waals surface area contributed by atoms with Crippen molar-refractivity contribution in [1.82, 2.24) is 15.1 Å². The standard InChI is InChI=1S/C25H32ClN3O4/c1-3-4-14-27-23(31)17(2)29(16-18-9-11-19(26)12-10-18)22(30)13-15-28-24(32)20-7-5-6-8-21(20)25(28)33/h5-6,9-12,17,20-21H,3-4,7-8,13-16H2,1-2H3,(H,27,31)/t17?,20-,21+. The molecular formula is C25H32ClN3O4. The van der Waals surface area contributed by atoms with E-state index in [9.17, 15) is 19.2 Å². The molecule has 0 saturated carbocycles. The number of fused-ring (bicyclic) bond motifs is 1. The first-order valence-corrected chi connectivity index (χ1v) is 12.0. The van der Waals surface area contributed by atoms with E-state index in [1.807, 2.05) is 31.2 Å². The molecule has 1 aromatic rings. The van der Waals surface area contributed by atoms with Crippen molar-refractivity contribution in [2.24, 2.45) is 11.8 Å². The summed E-state index contributed by atoms with van der Waals surface area (Å²) in [6.45, 7) is 4.55. The van der Waals surface area contributed by atoms with E-state index in [-0.39, 0.29) is 55.0 Å². The Labute approximate surface area is 200 Å². The van der Waals surface area contributed by atoms with E-state index in [2.05, 4.69) is 5.32 Å². The lowest BCUT2D eigenvalue weighted by Gasteiger charge is -2.29. The molecule has 1 aromatic carbocycles. The van der Waals surface area contributed by atoms with Crippen molar-refractivity contribution in [2.45, 2.75) is 58.5 Å². The van der Waals surface area contributed by atoms with Crippen LogP contribution in [0.4, 0.5) is 0 Å². The Morgan fingerprint density at radius 3 is 2.30 bits per heavy atom. The maximum absolute atomic E-state index is 13.2. The van der Waals surface area contributed by atoms with Gasteiger partial charge in [0.1, 0.15) is 6.04 Å². The van der Waals surface area contributed by atoms with Crippen LogP contribution in [0.2, 0.25) is 5.02 Å². The summed E-state index contributed by atoms with van der Waals surface area (Å²) in [7, 11) is 0. The van der Waals surface area contributed by atoms with E-state index in [0.29, 0.717) is 24.4 Å². The molecule has 1 aliphatic heterocycles. The van der Waals surface area contributed by atoms with Gasteiger partial charge in [0, 0.05) is 31.1 Å². The second-order valence-electron chi connectivity index (χ2n) is 8.70. The number of nitrogens with zero attached hydrogens (tertiary/aromatic N) is 2. The fourth-order valence-corrected chi connectivity index (χ4v) is 4.47. The first-order chi connectivity index (χ1) is 15.8. The molecule has 1 N–H and O–H groups in total. The van der Waals surface area contributed by atoms with Gasteiger partial charge in [-0.05, 0) is 43.9 Å². The quantitative estimate of drug-likeness (QED) is 0.321. The molecule has 33 heavy (non-hydrogen) atoms. The Morgan fingerprint density at radius 2 is 1.73 bits per heavy atom. The number of benzene rings is 1. The van der Waals surface area contributed by atoms with Crippen molar-refractivity contribution < 1.29 is 19.2 Å². The summed E-state index contributed by atoms with van der Waals surface area (Å²) >= 11 is 5.98. The predicted octanol–water partition coefficient (Wildman–Crippen LogP) is 3.31. The van der Waals surface area contributed by atoms with Gasteiger partial charge < -0.3 is 10.2 Å². The van der Waals surface area contributed by atoms with E-state index >= 15 is 0 Å². The molecule has 0 spiro atoms. The van der Waals surface area contributed by atoms with Gasteiger partial charge in [-0.3, -0.25) is 24.1 Å². The van der Waals surface area contributed by atoms with Crippen LogP contribution in [-0.2, 0) is 25.7 Å². The SMILES string of the molecule is CCCCNC(=O)C(C)N(Cc1ccc(Cl)cc1)C(=O)CCN1C(=O)[C@H]2CC=CC[C@H]2C1=O. The van der Waals surface area contributed by atoms with Gasteiger partial charge in [0.2, 0.25) is 23.6 Å². The van der Waals surface area contributed by atoms with Crippen molar-refractivity contribution in [3.8, 4) is 0 Å². The van der Waals surface area contributed by atoms with E-state index in [1.54, 1.807) is 19.1 Å². The van der Waals surface area contributed by atoms with Crippen LogP contribution in [-0.4, -0.2) is 52.6 Å². The first-order valence-electron chi connectivity index (χ1n) is 11.6. The molecular weight excluding hydrogens is 442 g/mol. The molecule has 0 aromatic heterocycles. The molecule has 8 heteroatoms. The number of rotatable bonds is 10. The predicted molar refractivity (Wildman–Crippen MR) is 126 cm³/mol. The van der Waals surface area contributed by atoms with Gasteiger partial charge in [-0.15, -0.1) is 0 Å².